The third-order valence-corrected chi connectivity index (χ3v) is 5.32. The van der Waals surface area contributed by atoms with E-state index in [1.807, 2.05) is 60.1 Å². The van der Waals surface area contributed by atoms with E-state index in [-0.39, 0.29) is 11.7 Å². The van der Waals surface area contributed by atoms with Crippen molar-refractivity contribution in [2.45, 2.75) is 5.16 Å². The summed E-state index contributed by atoms with van der Waals surface area (Å²) in [7, 11) is 1.89. The number of carbonyl (C=O) groups is 1. The highest BCUT2D eigenvalue weighted by molar-refractivity contribution is 7.99. The van der Waals surface area contributed by atoms with Gasteiger partial charge in [-0.3, -0.25) is 4.79 Å². The molecule has 4 rings (SSSR count). The molecule has 0 aliphatic rings. The second kappa shape index (κ2) is 7.22. The molecule has 0 unspecified atom stereocenters. The van der Waals surface area contributed by atoms with Gasteiger partial charge in [0.15, 0.2) is 11.0 Å². The molecule has 0 radical (unpaired) electrons. The summed E-state index contributed by atoms with van der Waals surface area (Å²) in [6.07, 6.45) is 0. The van der Waals surface area contributed by atoms with Crippen LogP contribution in [0.1, 0.15) is 0 Å². The molecule has 9 heteroatoms. The molecule has 0 fully saturated rings. The van der Waals surface area contributed by atoms with Gasteiger partial charge in [-0.2, -0.15) is 8.75 Å². The fraction of sp³-hybridized carbons (Fsp3) is 0.118. The smallest absolute Gasteiger partial charge is 0.234 e. The number of hydrogen-bond acceptors (Lipinski definition) is 7. The molecule has 1 amide bonds. The Hall–Kier alpha value is -2.78. The van der Waals surface area contributed by atoms with Crippen LogP contribution in [0.3, 0.4) is 0 Å². The number of anilines is 1. The summed E-state index contributed by atoms with van der Waals surface area (Å²) in [5, 5.41) is 12.0. The van der Waals surface area contributed by atoms with Gasteiger partial charge < -0.3 is 9.88 Å². The van der Waals surface area contributed by atoms with Crippen LogP contribution in [0.5, 0.6) is 0 Å². The second-order valence-corrected chi connectivity index (χ2v) is 6.98. The van der Waals surface area contributed by atoms with Crippen molar-refractivity contribution in [3.8, 4) is 11.4 Å². The fourth-order valence-electron chi connectivity index (χ4n) is 2.50. The monoisotopic (exact) mass is 382 g/mol. The van der Waals surface area contributed by atoms with Crippen molar-refractivity contribution in [3.05, 3.63) is 48.5 Å². The Bertz CT molecular complexity index is 1060. The lowest BCUT2D eigenvalue weighted by Crippen LogP contribution is -2.14. The van der Waals surface area contributed by atoms with Crippen molar-refractivity contribution in [2.24, 2.45) is 7.05 Å². The maximum Gasteiger partial charge on any atom is 0.234 e. The summed E-state index contributed by atoms with van der Waals surface area (Å²) in [5.41, 5.74) is 3.15. The zero-order valence-corrected chi connectivity index (χ0v) is 15.4. The number of nitrogens with one attached hydrogen (secondary N) is 1. The highest BCUT2D eigenvalue weighted by atomic mass is 32.2. The highest BCUT2D eigenvalue weighted by Gasteiger charge is 2.14. The Labute approximate surface area is 157 Å². The first-order valence-corrected chi connectivity index (χ1v) is 9.53. The average molecular weight is 382 g/mol. The Morgan fingerprint density at radius 2 is 1.96 bits per heavy atom. The Balaban J connectivity index is 1.44. The van der Waals surface area contributed by atoms with Gasteiger partial charge in [-0.1, -0.05) is 48.2 Å². The van der Waals surface area contributed by atoms with Crippen LogP contribution in [0.25, 0.3) is 22.4 Å². The van der Waals surface area contributed by atoms with E-state index in [0.29, 0.717) is 16.4 Å². The number of hydrogen-bond donors (Lipinski definition) is 1. The van der Waals surface area contributed by atoms with Crippen molar-refractivity contribution in [2.75, 3.05) is 11.1 Å². The largest absolute Gasteiger partial charge is 0.323 e. The van der Waals surface area contributed by atoms with E-state index >= 15 is 0 Å². The third kappa shape index (κ3) is 3.31. The first-order valence-electron chi connectivity index (χ1n) is 7.81. The quantitative estimate of drug-likeness (QED) is 0.534. The van der Waals surface area contributed by atoms with E-state index in [2.05, 4.69) is 24.3 Å². The SMILES string of the molecule is Cn1c(SCC(=O)Nc2cccc3nsnc23)nnc1-c1ccccc1. The van der Waals surface area contributed by atoms with Gasteiger partial charge in [-0.15, -0.1) is 10.2 Å². The molecule has 0 atom stereocenters. The molecule has 2 heterocycles. The predicted molar refractivity (Wildman–Crippen MR) is 103 cm³/mol. The molecule has 0 spiro atoms. The Morgan fingerprint density at radius 3 is 2.81 bits per heavy atom. The van der Waals surface area contributed by atoms with Crippen LogP contribution in [0, 0.1) is 0 Å². The van der Waals surface area contributed by atoms with Crippen molar-refractivity contribution in [1.82, 2.24) is 23.5 Å². The van der Waals surface area contributed by atoms with Crippen LogP contribution in [-0.4, -0.2) is 35.2 Å². The zero-order chi connectivity index (χ0) is 17.9. The Kier molecular flexibility index (Phi) is 4.63. The van der Waals surface area contributed by atoms with Gasteiger partial charge in [-0.25, -0.2) is 0 Å². The molecule has 0 aliphatic carbocycles. The number of carbonyl (C=O) groups excluding carboxylic acids is 1. The van der Waals surface area contributed by atoms with E-state index in [4.69, 9.17) is 0 Å². The molecule has 4 aromatic rings. The van der Waals surface area contributed by atoms with Crippen LogP contribution in [0.4, 0.5) is 5.69 Å². The van der Waals surface area contributed by atoms with E-state index in [0.717, 1.165) is 28.6 Å². The van der Waals surface area contributed by atoms with Gasteiger partial charge in [0.25, 0.3) is 0 Å². The minimum Gasteiger partial charge on any atom is -0.323 e. The van der Waals surface area contributed by atoms with E-state index in [1.165, 1.54) is 11.8 Å². The minimum atomic E-state index is -0.125. The van der Waals surface area contributed by atoms with Crippen molar-refractivity contribution >= 4 is 46.1 Å². The fourth-order valence-corrected chi connectivity index (χ4v) is 3.76. The van der Waals surface area contributed by atoms with Gasteiger partial charge in [0.1, 0.15) is 11.0 Å². The second-order valence-electron chi connectivity index (χ2n) is 5.51. The number of aromatic nitrogens is 5. The molecule has 1 N–H and O–H groups in total. The van der Waals surface area contributed by atoms with Gasteiger partial charge in [0, 0.05) is 12.6 Å². The average Bonchev–Trinajstić information content (AvgIpc) is 3.28. The summed E-state index contributed by atoms with van der Waals surface area (Å²) in [5.74, 6) is 0.876. The third-order valence-electron chi connectivity index (χ3n) is 3.76. The molecule has 7 nitrogen and oxygen atoms in total. The number of fused-ring (bicyclic) bond motifs is 1. The maximum absolute atomic E-state index is 12.3. The van der Waals surface area contributed by atoms with Crippen molar-refractivity contribution in [1.29, 1.82) is 0 Å². The van der Waals surface area contributed by atoms with Crippen molar-refractivity contribution < 1.29 is 4.79 Å². The van der Waals surface area contributed by atoms with Crippen LogP contribution >= 0.6 is 23.5 Å². The zero-order valence-electron chi connectivity index (χ0n) is 13.8. The molecule has 0 saturated heterocycles. The molecular formula is C17H14N6OS2. The number of rotatable bonds is 5. The van der Waals surface area contributed by atoms with Crippen LogP contribution < -0.4 is 5.32 Å². The van der Waals surface area contributed by atoms with Gasteiger partial charge in [0.05, 0.1) is 23.2 Å². The van der Waals surface area contributed by atoms with Gasteiger partial charge in [-0.05, 0) is 12.1 Å². The van der Waals surface area contributed by atoms with Crippen LogP contribution in [-0.2, 0) is 11.8 Å². The summed E-state index contributed by atoms with van der Waals surface area (Å²) >= 11 is 2.47. The standard InChI is InChI=1S/C17H14N6OS2/c1-23-16(11-6-3-2-4-7-11)19-20-17(23)25-10-14(24)18-12-8-5-9-13-15(12)22-26-21-13/h2-9H,10H2,1H3,(H,18,24). The van der Waals surface area contributed by atoms with E-state index < -0.39 is 0 Å². The minimum absolute atomic E-state index is 0.125. The maximum atomic E-state index is 12.3. The topological polar surface area (TPSA) is 85.6 Å². The number of thioether (sulfide) groups is 1. The highest BCUT2D eigenvalue weighted by Crippen LogP contribution is 2.24. The van der Waals surface area contributed by atoms with Crippen LogP contribution in [0.2, 0.25) is 0 Å². The molecule has 0 aliphatic heterocycles. The van der Waals surface area contributed by atoms with Crippen LogP contribution in [0.15, 0.2) is 53.7 Å². The van der Waals surface area contributed by atoms with Gasteiger partial charge >= 0.3 is 0 Å². The molecule has 2 aromatic carbocycles. The first kappa shape index (κ1) is 16.7. The molecule has 2 aromatic heterocycles. The lowest BCUT2D eigenvalue weighted by atomic mass is 10.2. The molecule has 26 heavy (non-hydrogen) atoms. The van der Waals surface area contributed by atoms with Gasteiger partial charge in [0.2, 0.25) is 5.91 Å². The summed E-state index contributed by atoms with van der Waals surface area (Å²) in [4.78, 5) is 12.3. The summed E-state index contributed by atoms with van der Waals surface area (Å²) in [6.45, 7) is 0. The molecule has 0 bridgehead atoms. The first-order chi connectivity index (χ1) is 12.7. The number of nitrogens with zero attached hydrogens (tertiary/aromatic N) is 5. The number of amides is 1. The summed E-state index contributed by atoms with van der Waals surface area (Å²) < 4.78 is 10.3. The lowest BCUT2D eigenvalue weighted by molar-refractivity contribution is -0.113. The van der Waals surface area contributed by atoms with E-state index in [1.54, 1.807) is 0 Å². The summed E-state index contributed by atoms with van der Waals surface area (Å²) in [6, 6.07) is 15.4. The number of benzene rings is 2. The molecule has 0 saturated carbocycles. The lowest BCUT2D eigenvalue weighted by Gasteiger charge is -2.06. The normalized spacial score (nSPS) is 11.0. The molecular weight excluding hydrogens is 368 g/mol. The Morgan fingerprint density at radius 1 is 1.12 bits per heavy atom. The molecule has 130 valence electrons. The van der Waals surface area contributed by atoms with Crippen molar-refractivity contribution in [3.63, 3.8) is 0 Å². The predicted octanol–water partition coefficient (Wildman–Crippen LogP) is 3.22. The van der Waals surface area contributed by atoms with E-state index in [9.17, 15) is 4.79 Å².